The van der Waals surface area contributed by atoms with Crippen molar-refractivity contribution in [3.63, 3.8) is 0 Å². The van der Waals surface area contributed by atoms with Crippen LogP contribution in [0, 0.1) is 35.5 Å². The second-order valence-electron chi connectivity index (χ2n) is 20.4. The molecule has 1 unspecified atom stereocenters. The molecule has 1 saturated carbocycles. The number of carbonyl (C=O) groups is 5. The van der Waals surface area contributed by atoms with Gasteiger partial charge in [-0.15, -0.1) is 0 Å². The Bertz CT molecular complexity index is 1830. The normalized spacial score (nSPS) is 38.8. The number of cyclic esters (lactones) is 1. The number of hydrogen-bond donors (Lipinski definition) is 2. The monoisotopic (exact) mass is 972 g/mol. The average Bonchev–Trinajstić information content (AvgIpc) is 3.33. The minimum absolute atomic E-state index is 0.0197. The Morgan fingerprint density at radius 1 is 0.826 bits per heavy atom. The molecule has 4 rings (SSSR count). The molecule has 4 aliphatic rings. The molecule has 1 aliphatic carbocycles. The van der Waals surface area contributed by atoms with Gasteiger partial charge in [0.15, 0.2) is 5.78 Å². The second-order valence-corrected chi connectivity index (χ2v) is 20.4. The van der Waals surface area contributed by atoms with Gasteiger partial charge in [-0.2, -0.15) is 0 Å². The first-order valence-electron chi connectivity index (χ1n) is 25.4. The smallest absolute Gasteiger partial charge is 0.329 e. The van der Waals surface area contributed by atoms with Crippen molar-refractivity contribution in [2.75, 3.05) is 48.2 Å². The van der Waals surface area contributed by atoms with Crippen LogP contribution in [0.15, 0.2) is 47.6 Å². The number of aliphatic hydroxyl groups is 2. The lowest BCUT2D eigenvalue weighted by molar-refractivity contribution is -0.265. The molecule has 1 amide bonds. The number of rotatable bonds is 10. The molecule has 0 aromatic heterocycles. The van der Waals surface area contributed by atoms with Crippen molar-refractivity contribution in [2.45, 2.75) is 180 Å². The van der Waals surface area contributed by atoms with Gasteiger partial charge in [0.2, 0.25) is 5.79 Å². The Kier molecular flexibility index (Phi) is 23.6. The zero-order valence-electron chi connectivity index (χ0n) is 43.4. The number of piperidine rings is 1. The van der Waals surface area contributed by atoms with E-state index in [2.05, 4.69) is 0 Å². The number of carbonyl (C=O) groups excluding carboxylic acids is 5. The number of amides is 1. The number of ether oxygens (including phenoxy) is 7. The van der Waals surface area contributed by atoms with Crippen molar-refractivity contribution in [3.8, 4) is 0 Å². The standard InChI is InChI=1S/C54H85NO14/c1-33-17-13-12-14-18-34(2)45(64-9)31-41-22-20-39(7)54(62,69-41)51(59)52(60)55-24-16-15-19-42(55)53(61)68-46(36(4)29-40-21-23-44(47(30-40)65-10)67-26-25-63-8)32-43(56)35(3)28-38(6)49(58)50(66-11)48(57)37(5)27-33/h12-14,17-18,28,33,35-37,39-42,44-47,49-50,58,62H,15-16,19-27,29-32H2,1-11H3/b14-12+,17-13+,34-18+,38-28+/t33-,35-,36-,37-,39-,40?,41+,42+,44-,45+,46+,47-,49-,50+,54-/m1/s1. The number of aliphatic hydroxyl groups excluding tert-OH is 1. The molecule has 2 bridgehead atoms. The maximum atomic E-state index is 14.5. The number of allylic oxidation sites excluding steroid dienone is 6. The van der Waals surface area contributed by atoms with Crippen LogP contribution in [-0.4, -0.2) is 147 Å². The van der Waals surface area contributed by atoms with E-state index in [-0.39, 0.29) is 60.9 Å². The number of methoxy groups -OCH3 is 4. The summed E-state index contributed by atoms with van der Waals surface area (Å²) in [7, 11) is 6.26. The quantitative estimate of drug-likeness (QED) is 0.0999. The summed E-state index contributed by atoms with van der Waals surface area (Å²) in [5.74, 6) is -7.83. The molecule has 3 aliphatic heterocycles. The molecular weight excluding hydrogens is 887 g/mol. The minimum Gasteiger partial charge on any atom is -0.460 e. The van der Waals surface area contributed by atoms with Crippen LogP contribution < -0.4 is 0 Å². The molecule has 0 aromatic carbocycles. The summed E-state index contributed by atoms with van der Waals surface area (Å²) < 4.78 is 41.1. The molecule has 3 fully saturated rings. The van der Waals surface area contributed by atoms with Crippen molar-refractivity contribution in [1.82, 2.24) is 4.90 Å². The first-order valence-corrected chi connectivity index (χ1v) is 25.4. The first kappa shape index (κ1) is 58.2. The number of fused-ring (bicyclic) bond motifs is 3. The lowest BCUT2D eigenvalue weighted by Gasteiger charge is -2.42. The first-order chi connectivity index (χ1) is 32.8. The van der Waals surface area contributed by atoms with Gasteiger partial charge in [-0.3, -0.25) is 19.2 Å². The van der Waals surface area contributed by atoms with E-state index in [4.69, 9.17) is 33.2 Å². The van der Waals surface area contributed by atoms with Gasteiger partial charge in [0.25, 0.3) is 11.7 Å². The van der Waals surface area contributed by atoms with Gasteiger partial charge in [0.05, 0.1) is 37.6 Å². The Morgan fingerprint density at radius 2 is 1.57 bits per heavy atom. The molecule has 15 nitrogen and oxygen atoms in total. The van der Waals surface area contributed by atoms with Gasteiger partial charge in [-0.05, 0) is 107 Å². The third-order valence-corrected chi connectivity index (χ3v) is 15.1. The third kappa shape index (κ3) is 16.0. The molecule has 15 heteroatoms. The molecule has 0 aromatic rings. The van der Waals surface area contributed by atoms with E-state index in [0.717, 1.165) is 18.4 Å². The maximum Gasteiger partial charge on any atom is 0.329 e. The molecule has 3 heterocycles. The molecular formula is C54H85NO14. The van der Waals surface area contributed by atoms with Crippen LogP contribution in [-0.2, 0) is 57.1 Å². The largest absolute Gasteiger partial charge is 0.460 e. The fourth-order valence-corrected chi connectivity index (χ4v) is 10.6. The van der Waals surface area contributed by atoms with Crippen molar-refractivity contribution >= 4 is 29.2 Å². The van der Waals surface area contributed by atoms with Gasteiger partial charge < -0.3 is 48.3 Å². The Hall–Kier alpha value is -3.41. The zero-order valence-corrected chi connectivity index (χ0v) is 43.4. The summed E-state index contributed by atoms with van der Waals surface area (Å²) in [6, 6.07) is -1.14. The number of nitrogens with zero attached hydrogens (tertiary/aromatic N) is 1. The van der Waals surface area contributed by atoms with Gasteiger partial charge in [-0.1, -0.05) is 71.1 Å². The van der Waals surface area contributed by atoms with Crippen LogP contribution in [0.1, 0.15) is 126 Å². The van der Waals surface area contributed by atoms with Crippen molar-refractivity contribution in [2.24, 2.45) is 35.5 Å². The van der Waals surface area contributed by atoms with Crippen LogP contribution in [0.25, 0.3) is 0 Å². The van der Waals surface area contributed by atoms with Crippen molar-refractivity contribution in [3.05, 3.63) is 47.6 Å². The topological polar surface area (TPSA) is 194 Å². The molecule has 15 atom stereocenters. The minimum atomic E-state index is -2.43. The van der Waals surface area contributed by atoms with Gasteiger partial charge >= 0.3 is 5.97 Å². The van der Waals surface area contributed by atoms with Gasteiger partial charge in [-0.25, -0.2) is 4.79 Å². The highest BCUT2D eigenvalue weighted by atomic mass is 16.6. The van der Waals surface area contributed by atoms with Crippen LogP contribution in [0.2, 0.25) is 0 Å². The van der Waals surface area contributed by atoms with E-state index in [1.807, 2.05) is 58.1 Å². The maximum absolute atomic E-state index is 14.5. The number of hydrogen-bond acceptors (Lipinski definition) is 14. The predicted molar refractivity (Wildman–Crippen MR) is 261 cm³/mol. The summed E-state index contributed by atoms with van der Waals surface area (Å²) in [5, 5.41) is 23.5. The van der Waals surface area contributed by atoms with Crippen LogP contribution in [0.5, 0.6) is 0 Å². The number of Topliss-reactive ketones (excluding diaryl/α,β-unsaturated/α-hetero) is 3. The fourth-order valence-electron chi connectivity index (χ4n) is 10.6. The Labute approximate surface area is 411 Å². The zero-order chi connectivity index (χ0) is 51.0. The van der Waals surface area contributed by atoms with Crippen molar-refractivity contribution < 1.29 is 67.3 Å². The number of ketones is 3. The van der Waals surface area contributed by atoms with E-state index >= 15 is 0 Å². The molecule has 69 heavy (non-hydrogen) atoms. The van der Waals surface area contributed by atoms with E-state index < -0.39 is 77.8 Å². The highest BCUT2D eigenvalue weighted by Gasteiger charge is 2.53. The van der Waals surface area contributed by atoms with E-state index in [1.54, 1.807) is 48.2 Å². The number of esters is 1. The summed E-state index contributed by atoms with van der Waals surface area (Å²) >= 11 is 0. The Morgan fingerprint density at radius 3 is 2.25 bits per heavy atom. The summed E-state index contributed by atoms with van der Waals surface area (Å²) in [6.45, 7) is 13.8. The molecule has 0 spiro atoms. The SMILES string of the molecule is COCCO[C@@H]1CCC(C[C@@H](C)[C@@H]2CC(=O)[C@H](C)/C=C(\C)[C@@H](O)[C@@H](OC)C(=O)[C@H](C)C[C@H](C)/C=C/C=C/C=C(\C)[C@@H](OC)C[C@@H]3CC[C@@H](C)[C@@](O)(O3)C(=O)C(=O)N3CCCC[C@H]3C(=O)O2)C[C@H]1OC. The van der Waals surface area contributed by atoms with Gasteiger partial charge in [0, 0.05) is 65.6 Å². The summed E-state index contributed by atoms with van der Waals surface area (Å²) in [4.78, 5) is 72.3. The molecule has 390 valence electrons. The highest BCUT2D eigenvalue weighted by Crippen LogP contribution is 2.38. The van der Waals surface area contributed by atoms with E-state index in [9.17, 15) is 34.2 Å². The third-order valence-electron chi connectivity index (χ3n) is 15.1. The fraction of sp³-hybridized carbons (Fsp3) is 0.759. The summed E-state index contributed by atoms with van der Waals surface area (Å²) in [5.41, 5.74) is 1.28. The summed E-state index contributed by atoms with van der Waals surface area (Å²) in [6.07, 6.45) is 12.4. The van der Waals surface area contributed by atoms with Crippen LogP contribution in [0.4, 0.5) is 0 Å². The van der Waals surface area contributed by atoms with E-state index in [1.165, 1.54) is 12.0 Å². The second kappa shape index (κ2) is 28.0. The molecule has 0 radical (unpaired) electrons. The molecule has 2 saturated heterocycles. The van der Waals surface area contributed by atoms with Crippen LogP contribution in [0.3, 0.4) is 0 Å². The Balaban J connectivity index is 1.69. The van der Waals surface area contributed by atoms with Gasteiger partial charge in [0.1, 0.15) is 30.1 Å². The predicted octanol–water partition coefficient (Wildman–Crippen LogP) is 6.85. The average molecular weight is 972 g/mol. The van der Waals surface area contributed by atoms with Crippen molar-refractivity contribution in [1.29, 1.82) is 0 Å². The van der Waals surface area contributed by atoms with E-state index in [0.29, 0.717) is 70.2 Å². The molecule has 2 N–H and O–H groups in total. The lowest BCUT2D eigenvalue weighted by atomic mass is 9.78. The van der Waals surface area contributed by atoms with Crippen LogP contribution >= 0.6 is 0 Å². The lowest BCUT2D eigenvalue weighted by Crippen LogP contribution is -2.61. The highest BCUT2D eigenvalue weighted by molar-refractivity contribution is 6.39.